The standard InChI is InChI=1S/C19H19FN2O6/c1-4-28-19(24)14-7-13(8-15(9-14)22(25)26)18(23)21-11(2)12-5-6-17(27-3)16(20)10-12/h5-11H,4H2,1-3H3,(H,21,23)/t11-/m0/s1. The Morgan fingerprint density at radius 2 is 1.89 bits per heavy atom. The fourth-order valence-corrected chi connectivity index (χ4v) is 2.50. The minimum atomic E-state index is -0.773. The van der Waals surface area contributed by atoms with E-state index in [9.17, 15) is 24.1 Å². The van der Waals surface area contributed by atoms with Crippen LogP contribution < -0.4 is 10.1 Å². The highest BCUT2D eigenvalue weighted by molar-refractivity contribution is 5.99. The Morgan fingerprint density at radius 1 is 1.21 bits per heavy atom. The molecule has 148 valence electrons. The predicted molar refractivity (Wildman–Crippen MR) is 97.9 cm³/mol. The lowest BCUT2D eigenvalue weighted by Crippen LogP contribution is -2.27. The number of nitrogens with zero attached hydrogens (tertiary/aromatic N) is 1. The Hall–Kier alpha value is -3.49. The Morgan fingerprint density at radius 3 is 2.46 bits per heavy atom. The molecule has 0 fully saturated rings. The highest BCUT2D eigenvalue weighted by atomic mass is 19.1. The number of carbonyl (C=O) groups is 2. The van der Waals surface area contributed by atoms with Crippen molar-refractivity contribution in [1.29, 1.82) is 0 Å². The quantitative estimate of drug-likeness (QED) is 0.441. The number of nitro benzene ring substituents is 1. The van der Waals surface area contributed by atoms with Gasteiger partial charge < -0.3 is 14.8 Å². The number of methoxy groups -OCH3 is 1. The second kappa shape index (κ2) is 8.94. The molecule has 0 saturated heterocycles. The molecule has 1 atom stereocenters. The van der Waals surface area contributed by atoms with Crippen molar-refractivity contribution >= 4 is 17.6 Å². The smallest absolute Gasteiger partial charge is 0.338 e. The number of rotatable bonds is 7. The molecule has 1 N–H and O–H groups in total. The van der Waals surface area contributed by atoms with Crippen LogP contribution in [-0.4, -0.2) is 30.5 Å². The van der Waals surface area contributed by atoms with Crippen molar-refractivity contribution in [3.8, 4) is 5.75 Å². The van der Waals surface area contributed by atoms with Gasteiger partial charge in [0.1, 0.15) is 0 Å². The van der Waals surface area contributed by atoms with E-state index >= 15 is 0 Å². The molecule has 0 heterocycles. The van der Waals surface area contributed by atoms with Crippen molar-refractivity contribution in [2.45, 2.75) is 19.9 Å². The van der Waals surface area contributed by atoms with E-state index in [0.717, 1.165) is 12.1 Å². The average molecular weight is 390 g/mol. The monoisotopic (exact) mass is 390 g/mol. The van der Waals surface area contributed by atoms with E-state index in [1.165, 1.54) is 25.3 Å². The maximum absolute atomic E-state index is 13.9. The third-order valence-corrected chi connectivity index (χ3v) is 3.93. The molecule has 2 rings (SSSR count). The fourth-order valence-electron chi connectivity index (χ4n) is 2.50. The van der Waals surface area contributed by atoms with Crippen LogP contribution in [0.4, 0.5) is 10.1 Å². The van der Waals surface area contributed by atoms with Crippen molar-refractivity contribution in [2.24, 2.45) is 0 Å². The van der Waals surface area contributed by atoms with Crippen LogP contribution in [0.15, 0.2) is 36.4 Å². The Labute approximate surface area is 160 Å². The zero-order chi connectivity index (χ0) is 20.8. The molecule has 0 radical (unpaired) electrons. The largest absolute Gasteiger partial charge is 0.494 e. The summed E-state index contributed by atoms with van der Waals surface area (Å²) in [6, 6.07) is 6.95. The molecule has 0 spiro atoms. The summed E-state index contributed by atoms with van der Waals surface area (Å²) in [6.07, 6.45) is 0. The van der Waals surface area contributed by atoms with Gasteiger partial charge in [-0.3, -0.25) is 14.9 Å². The van der Waals surface area contributed by atoms with Gasteiger partial charge in [-0.15, -0.1) is 0 Å². The summed E-state index contributed by atoms with van der Waals surface area (Å²) in [5, 5.41) is 13.7. The van der Waals surface area contributed by atoms with E-state index < -0.39 is 34.3 Å². The number of ether oxygens (including phenoxy) is 2. The number of amides is 1. The molecule has 1 amide bonds. The third-order valence-electron chi connectivity index (χ3n) is 3.93. The number of hydrogen-bond donors (Lipinski definition) is 1. The van der Waals surface area contributed by atoms with Gasteiger partial charge in [0.25, 0.3) is 11.6 Å². The first-order valence-corrected chi connectivity index (χ1v) is 8.37. The number of benzene rings is 2. The van der Waals surface area contributed by atoms with Crippen LogP contribution in [0.25, 0.3) is 0 Å². The van der Waals surface area contributed by atoms with Crippen molar-refractivity contribution in [3.63, 3.8) is 0 Å². The lowest BCUT2D eigenvalue weighted by atomic mass is 10.1. The van der Waals surface area contributed by atoms with Gasteiger partial charge in [0.2, 0.25) is 0 Å². The molecule has 28 heavy (non-hydrogen) atoms. The summed E-state index contributed by atoms with van der Waals surface area (Å²) < 4.78 is 23.6. The fraction of sp³-hybridized carbons (Fsp3) is 0.263. The van der Waals surface area contributed by atoms with Gasteiger partial charge in [-0.05, 0) is 37.6 Å². The molecule has 0 aliphatic heterocycles. The number of esters is 1. The number of hydrogen-bond acceptors (Lipinski definition) is 6. The van der Waals surface area contributed by atoms with E-state index in [4.69, 9.17) is 9.47 Å². The van der Waals surface area contributed by atoms with E-state index in [0.29, 0.717) is 5.56 Å². The van der Waals surface area contributed by atoms with Gasteiger partial charge in [0.05, 0.1) is 30.2 Å². The first-order chi connectivity index (χ1) is 13.3. The van der Waals surface area contributed by atoms with Crippen molar-refractivity contribution in [1.82, 2.24) is 5.32 Å². The number of nitro groups is 1. The SMILES string of the molecule is CCOC(=O)c1cc(C(=O)N[C@@H](C)c2ccc(OC)c(F)c2)cc([N+](=O)[O-])c1. The molecule has 0 unspecified atom stereocenters. The maximum Gasteiger partial charge on any atom is 0.338 e. The van der Waals surface area contributed by atoms with Crippen LogP contribution in [-0.2, 0) is 4.74 Å². The minimum Gasteiger partial charge on any atom is -0.494 e. The van der Waals surface area contributed by atoms with E-state index in [2.05, 4.69) is 5.32 Å². The second-order valence-corrected chi connectivity index (χ2v) is 5.84. The van der Waals surface area contributed by atoms with Gasteiger partial charge in [0.15, 0.2) is 11.6 Å². The van der Waals surface area contributed by atoms with Crippen molar-refractivity contribution in [3.05, 3.63) is 69.0 Å². The first-order valence-electron chi connectivity index (χ1n) is 8.37. The predicted octanol–water partition coefficient (Wildman–Crippen LogP) is 3.41. The number of non-ortho nitro benzene ring substituents is 1. The average Bonchev–Trinajstić information content (AvgIpc) is 2.67. The molecular formula is C19H19FN2O6. The van der Waals surface area contributed by atoms with Crippen LogP contribution in [0.5, 0.6) is 5.75 Å². The molecule has 0 aliphatic carbocycles. The Balaban J connectivity index is 2.28. The van der Waals surface area contributed by atoms with E-state index in [1.54, 1.807) is 19.9 Å². The van der Waals surface area contributed by atoms with Gasteiger partial charge >= 0.3 is 5.97 Å². The molecule has 0 bridgehead atoms. The van der Waals surface area contributed by atoms with Crippen molar-refractivity contribution < 1.29 is 28.4 Å². The molecule has 2 aromatic rings. The maximum atomic E-state index is 13.9. The van der Waals surface area contributed by atoms with Gasteiger partial charge in [-0.1, -0.05) is 6.07 Å². The van der Waals surface area contributed by atoms with Crippen molar-refractivity contribution in [2.75, 3.05) is 13.7 Å². The highest BCUT2D eigenvalue weighted by Gasteiger charge is 2.20. The van der Waals surface area contributed by atoms with Crippen LogP contribution in [0.2, 0.25) is 0 Å². The summed E-state index contributed by atoms with van der Waals surface area (Å²) in [7, 11) is 1.34. The second-order valence-electron chi connectivity index (χ2n) is 5.84. The summed E-state index contributed by atoms with van der Waals surface area (Å²) in [5.74, 6) is -1.94. The van der Waals surface area contributed by atoms with Crippen LogP contribution in [0, 0.1) is 15.9 Å². The summed E-state index contributed by atoms with van der Waals surface area (Å²) in [6.45, 7) is 3.31. The molecule has 9 heteroatoms. The molecule has 2 aromatic carbocycles. The summed E-state index contributed by atoms with van der Waals surface area (Å²) in [5.41, 5.74) is -0.135. The first kappa shape index (κ1) is 20.8. The number of nitrogens with one attached hydrogen (secondary N) is 1. The zero-order valence-corrected chi connectivity index (χ0v) is 15.5. The van der Waals surface area contributed by atoms with Crippen LogP contribution in [0.3, 0.4) is 0 Å². The summed E-state index contributed by atoms with van der Waals surface area (Å²) >= 11 is 0. The minimum absolute atomic E-state index is 0.0695. The molecule has 0 aliphatic rings. The van der Waals surface area contributed by atoms with Gasteiger partial charge in [-0.25, -0.2) is 9.18 Å². The lowest BCUT2D eigenvalue weighted by molar-refractivity contribution is -0.384. The van der Waals surface area contributed by atoms with E-state index in [-0.39, 0.29) is 23.5 Å². The number of carbonyl (C=O) groups excluding carboxylic acids is 2. The normalized spacial score (nSPS) is 11.4. The molecule has 0 saturated carbocycles. The van der Waals surface area contributed by atoms with Gasteiger partial charge in [0, 0.05) is 17.7 Å². The van der Waals surface area contributed by atoms with E-state index in [1.807, 2.05) is 0 Å². The third kappa shape index (κ3) is 4.81. The summed E-state index contributed by atoms with van der Waals surface area (Å²) in [4.78, 5) is 34.9. The highest BCUT2D eigenvalue weighted by Crippen LogP contribution is 2.23. The molecule has 8 nitrogen and oxygen atoms in total. The molecular weight excluding hydrogens is 371 g/mol. The Bertz CT molecular complexity index is 915. The van der Waals surface area contributed by atoms with Gasteiger partial charge in [-0.2, -0.15) is 0 Å². The number of halogens is 1. The zero-order valence-electron chi connectivity index (χ0n) is 15.5. The Kier molecular flexibility index (Phi) is 6.64. The van der Waals surface area contributed by atoms with Crippen LogP contribution in [0.1, 0.15) is 46.2 Å². The van der Waals surface area contributed by atoms with Crippen LogP contribution >= 0.6 is 0 Å². The lowest BCUT2D eigenvalue weighted by Gasteiger charge is -2.15. The topological polar surface area (TPSA) is 108 Å². The molecule has 0 aromatic heterocycles.